The van der Waals surface area contributed by atoms with E-state index in [1.165, 1.54) is 19.0 Å². The first-order valence-electron chi connectivity index (χ1n) is 8.80. The number of sulfone groups is 1. The summed E-state index contributed by atoms with van der Waals surface area (Å²) in [7, 11) is -2.67. The van der Waals surface area contributed by atoms with Crippen LogP contribution in [0.3, 0.4) is 0 Å². The van der Waals surface area contributed by atoms with Gasteiger partial charge in [0, 0.05) is 12.5 Å². The maximum atomic E-state index is 9.71. The van der Waals surface area contributed by atoms with Crippen LogP contribution in [0, 0.1) is 17.8 Å². The quantitative estimate of drug-likeness (QED) is 0.564. The second kappa shape index (κ2) is 9.84. The molecular formula is C17H30N4O5S. The van der Waals surface area contributed by atoms with E-state index in [2.05, 4.69) is 40.9 Å². The Kier molecular flexibility index (Phi) is 8.42. The predicted octanol–water partition coefficient (Wildman–Crippen LogP) is 1.86. The molecule has 0 aliphatic heterocycles. The number of aromatic nitrogens is 4. The molecule has 1 saturated carbocycles. The Labute approximate surface area is 159 Å². The molecule has 0 amide bonds. The van der Waals surface area contributed by atoms with Crippen molar-refractivity contribution in [2.75, 3.05) is 12.5 Å². The van der Waals surface area contributed by atoms with Crippen LogP contribution >= 0.6 is 0 Å². The Hall–Kier alpha value is -1.94. The van der Waals surface area contributed by atoms with Crippen LogP contribution in [0.15, 0.2) is 6.20 Å². The highest BCUT2D eigenvalue weighted by Crippen LogP contribution is 2.33. The van der Waals surface area contributed by atoms with Crippen LogP contribution in [0.25, 0.3) is 11.0 Å². The van der Waals surface area contributed by atoms with Crippen molar-refractivity contribution in [1.82, 2.24) is 20.2 Å². The van der Waals surface area contributed by atoms with Crippen LogP contribution in [0.2, 0.25) is 0 Å². The van der Waals surface area contributed by atoms with Crippen LogP contribution < -0.4 is 0 Å². The van der Waals surface area contributed by atoms with E-state index >= 15 is 0 Å². The summed E-state index contributed by atoms with van der Waals surface area (Å²) in [6, 6.07) is -0.473. The highest BCUT2D eigenvalue weighted by molar-refractivity contribution is 7.89. The van der Waals surface area contributed by atoms with Crippen molar-refractivity contribution in [3.05, 3.63) is 6.20 Å². The molecule has 1 aliphatic carbocycles. The summed E-state index contributed by atoms with van der Waals surface area (Å²) in [5.74, 6) is 1.67. The number of rotatable bonds is 1. The normalized spacial score (nSPS) is 22.6. The van der Waals surface area contributed by atoms with E-state index in [0.717, 1.165) is 24.9 Å². The molecule has 3 atom stereocenters. The van der Waals surface area contributed by atoms with E-state index in [1.807, 2.05) is 0 Å². The minimum absolute atomic E-state index is 0.0289. The van der Waals surface area contributed by atoms with Crippen molar-refractivity contribution < 1.29 is 23.7 Å². The average molecular weight is 403 g/mol. The van der Waals surface area contributed by atoms with Crippen molar-refractivity contribution in [3.8, 4) is 11.9 Å². The molecule has 1 aliphatic rings. The Morgan fingerprint density at radius 3 is 2.30 bits per heavy atom. The van der Waals surface area contributed by atoms with Gasteiger partial charge in [-0.1, -0.05) is 27.2 Å². The van der Waals surface area contributed by atoms with Gasteiger partial charge in [0.05, 0.1) is 12.3 Å². The Balaban J connectivity index is 0.000000219. The van der Waals surface area contributed by atoms with Gasteiger partial charge in [-0.15, -0.1) is 0 Å². The number of aliphatic hydroxyl groups excluding tert-OH is 1. The molecule has 1 fully saturated rings. The molecule has 0 radical (unpaired) electrons. The third-order valence-electron chi connectivity index (χ3n) is 4.27. The van der Waals surface area contributed by atoms with E-state index in [9.17, 15) is 13.5 Å². The molecule has 0 aromatic carbocycles. The SMILES string of the molecule is CC1CCC(C(C)C)C(O)C1.CS(C)(=O)=O.Oc1nc(O)c2cn[nH]c2n1. The smallest absolute Gasteiger partial charge is 0.319 e. The third-order valence-corrected chi connectivity index (χ3v) is 4.27. The van der Waals surface area contributed by atoms with Crippen LogP contribution in [0.5, 0.6) is 11.9 Å². The van der Waals surface area contributed by atoms with Gasteiger partial charge in [-0.05, 0) is 30.6 Å². The van der Waals surface area contributed by atoms with Crippen LogP contribution in [-0.4, -0.2) is 62.5 Å². The lowest BCUT2D eigenvalue weighted by Crippen LogP contribution is -2.31. The van der Waals surface area contributed by atoms with Gasteiger partial charge in [0.15, 0.2) is 5.65 Å². The van der Waals surface area contributed by atoms with Crippen molar-refractivity contribution in [3.63, 3.8) is 0 Å². The number of nitrogens with one attached hydrogen (secondary N) is 1. The fourth-order valence-electron chi connectivity index (χ4n) is 2.96. The molecule has 3 rings (SSSR count). The molecule has 2 aromatic heterocycles. The van der Waals surface area contributed by atoms with E-state index in [4.69, 9.17) is 10.2 Å². The van der Waals surface area contributed by atoms with Crippen LogP contribution in [0.4, 0.5) is 0 Å². The van der Waals surface area contributed by atoms with Gasteiger partial charge >= 0.3 is 6.01 Å². The summed E-state index contributed by atoms with van der Waals surface area (Å²) in [5.41, 5.74) is 0.315. The molecule has 10 heteroatoms. The fraction of sp³-hybridized carbons (Fsp3) is 0.706. The number of aromatic amines is 1. The summed E-state index contributed by atoms with van der Waals surface area (Å²) in [6.45, 7) is 6.66. The van der Waals surface area contributed by atoms with Crippen molar-refractivity contribution in [2.24, 2.45) is 17.8 Å². The minimum Gasteiger partial charge on any atom is -0.493 e. The van der Waals surface area contributed by atoms with Gasteiger partial charge in [-0.2, -0.15) is 15.1 Å². The van der Waals surface area contributed by atoms with Gasteiger partial charge < -0.3 is 15.3 Å². The number of aromatic hydroxyl groups is 2. The zero-order valence-electron chi connectivity index (χ0n) is 16.4. The largest absolute Gasteiger partial charge is 0.493 e. The number of H-pyrrole nitrogens is 1. The van der Waals surface area contributed by atoms with Crippen molar-refractivity contribution in [1.29, 1.82) is 0 Å². The van der Waals surface area contributed by atoms with Crippen molar-refractivity contribution in [2.45, 2.75) is 46.1 Å². The van der Waals surface area contributed by atoms with Gasteiger partial charge in [-0.25, -0.2) is 8.42 Å². The second-order valence-corrected chi connectivity index (χ2v) is 9.80. The van der Waals surface area contributed by atoms with E-state index in [-0.39, 0.29) is 12.0 Å². The highest BCUT2D eigenvalue weighted by atomic mass is 32.2. The van der Waals surface area contributed by atoms with Crippen molar-refractivity contribution >= 4 is 20.9 Å². The minimum atomic E-state index is -2.67. The molecule has 2 aromatic rings. The van der Waals surface area contributed by atoms with Gasteiger partial charge in [0.1, 0.15) is 15.2 Å². The highest BCUT2D eigenvalue weighted by Gasteiger charge is 2.28. The molecule has 9 nitrogen and oxygen atoms in total. The maximum absolute atomic E-state index is 9.71. The molecule has 0 saturated heterocycles. The first-order valence-corrected chi connectivity index (χ1v) is 11.1. The summed E-state index contributed by atoms with van der Waals surface area (Å²) >= 11 is 0. The zero-order valence-corrected chi connectivity index (χ0v) is 17.2. The second-order valence-electron chi connectivity index (χ2n) is 7.52. The van der Waals surface area contributed by atoms with E-state index in [0.29, 0.717) is 22.9 Å². The van der Waals surface area contributed by atoms with Gasteiger partial charge in [-0.3, -0.25) is 5.10 Å². The molecule has 154 valence electrons. The van der Waals surface area contributed by atoms with Crippen LogP contribution in [-0.2, 0) is 9.84 Å². The predicted molar refractivity (Wildman–Crippen MR) is 103 cm³/mol. The third kappa shape index (κ3) is 8.53. The average Bonchev–Trinajstić information content (AvgIpc) is 2.94. The summed E-state index contributed by atoms with van der Waals surface area (Å²) < 4.78 is 19.3. The van der Waals surface area contributed by atoms with E-state index in [1.54, 1.807) is 0 Å². The molecule has 27 heavy (non-hydrogen) atoms. The lowest BCUT2D eigenvalue weighted by atomic mass is 9.75. The maximum Gasteiger partial charge on any atom is 0.319 e. The molecule has 3 unspecified atom stereocenters. The lowest BCUT2D eigenvalue weighted by Gasteiger charge is -2.33. The van der Waals surface area contributed by atoms with Gasteiger partial charge in [0.2, 0.25) is 5.88 Å². The molecule has 4 N–H and O–H groups in total. The summed E-state index contributed by atoms with van der Waals surface area (Å²) in [6.07, 6.45) is 7.21. The molecule has 0 bridgehead atoms. The lowest BCUT2D eigenvalue weighted by molar-refractivity contribution is 0.0266. The molecule has 0 spiro atoms. The van der Waals surface area contributed by atoms with Gasteiger partial charge in [0.25, 0.3) is 0 Å². The number of aliphatic hydroxyl groups is 1. The standard InChI is InChI=1S/C10H20O.C5H4N4O2.C2H6O2S/c1-7(2)9-5-4-8(3)6-10(9)11;10-4-2-1-6-9-3(2)7-5(11)8-4;1-5(2,3)4/h7-11H,4-6H2,1-3H3;1H,(H3,6,7,8,9,10,11);1-2H3. The first-order chi connectivity index (χ1) is 12.4. The topological polar surface area (TPSA) is 149 Å². The molecular weight excluding hydrogens is 372 g/mol. The molecule has 2 heterocycles. The number of hydrogen-bond acceptors (Lipinski definition) is 8. The number of nitrogens with zero attached hydrogens (tertiary/aromatic N) is 3. The summed E-state index contributed by atoms with van der Waals surface area (Å²) in [4.78, 5) is 6.88. The Bertz CT molecular complexity index is 814. The number of fused-ring (bicyclic) bond motifs is 1. The fourth-order valence-corrected chi connectivity index (χ4v) is 2.96. The zero-order chi connectivity index (χ0) is 20.8. The Morgan fingerprint density at radius 1 is 1.19 bits per heavy atom. The number of hydrogen-bond donors (Lipinski definition) is 4. The Morgan fingerprint density at radius 2 is 1.78 bits per heavy atom. The monoisotopic (exact) mass is 402 g/mol. The summed E-state index contributed by atoms with van der Waals surface area (Å²) in [5, 5.41) is 34.1. The first kappa shape index (κ1) is 23.1. The van der Waals surface area contributed by atoms with E-state index < -0.39 is 15.8 Å². The van der Waals surface area contributed by atoms with Crippen LogP contribution in [0.1, 0.15) is 40.0 Å².